The molecule has 0 atom stereocenters. The largest absolute Gasteiger partial charge is 1.00 e. The zero-order valence-electron chi connectivity index (χ0n) is 21.7. The first-order valence-corrected chi connectivity index (χ1v) is 17.4. The maximum absolute atomic E-state index is 3.12. The minimum atomic E-state index is 0. The Balaban J connectivity index is 0.000000718. The Labute approximate surface area is 229 Å². The third kappa shape index (κ3) is 9.93. The number of allylic oxidation sites excluding steroid dienone is 4. The van der Waals surface area contributed by atoms with Gasteiger partial charge >= 0.3 is 41.9 Å². The first-order valence-electron chi connectivity index (χ1n) is 11.2. The normalized spacial score (nSPS) is 12.6. The summed E-state index contributed by atoms with van der Waals surface area (Å²) in [6, 6.07) is 16.2. The number of rotatable bonds is 0. The van der Waals surface area contributed by atoms with Crippen LogP contribution in [-0.2, 0) is 34.2 Å². The first kappa shape index (κ1) is 32.5. The third-order valence-electron chi connectivity index (χ3n) is 5.30. The molecule has 4 heteroatoms. The average Bonchev–Trinajstić information content (AvgIpc) is 3.25. The van der Waals surface area contributed by atoms with E-state index in [1.54, 1.807) is 23.3 Å². The Morgan fingerprint density at radius 2 is 1.21 bits per heavy atom. The standard InChI is InChI=1S/C21H25.C6H7.C2H6Si.2ClH.Zr/c1-20(2,3)16-7-9-18-14(12-16)11-15-13-17(21(4,5)6)8-10-19(15)18;1-6-4-2-3-5-6;1-3-2;;;/h7-13H,1-6H3;2,4H,3H2,1H3;1-2H3;2*1H;/q2*-1;;;;+2/p-2. The predicted octanol–water partition coefficient (Wildman–Crippen LogP) is 2.79. The Hall–Kier alpha value is -0.530. The summed E-state index contributed by atoms with van der Waals surface area (Å²) in [4.78, 5) is 0. The Morgan fingerprint density at radius 1 is 0.818 bits per heavy atom. The van der Waals surface area contributed by atoms with E-state index in [9.17, 15) is 0 Å². The van der Waals surface area contributed by atoms with Gasteiger partial charge in [0, 0.05) is 0 Å². The van der Waals surface area contributed by atoms with Crippen LogP contribution in [0.25, 0.3) is 21.5 Å². The van der Waals surface area contributed by atoms with Crippen LogP contribution < -0.4 is 24.8 Å². The van der Waals surface area contributed by atoms with E-state index < -0.39 is 0 Å². The van der Waals surface area contributed by atoms with E-state index in [1.807, 2.05) is 0 Å². The van der Waals surface area contributed by atoms with Crippen LogP contribution in [-0.4, -0.2) is 5.43 Å². The van der Waals surface area contributed by atoms with E-state index in [0.717, 1.165) is 6.42 Å². The molecule has 1 aliphatic rings. The Morgan fingerprint density at radius 3 is 1.45 bits per heavy atom. The number of hydrogen-bond acceptors (Lipinski definition) is 0. The summed E-state index contributed by atoms with van der Waals surface area (Å²) >= 11 is 1.74. The summed E-state index contributed by atoms with van der Waals surface area (Å²) in [5, 5.41) is 5.48. The third-order valence-corrected chi connectivity index (χ3v) is 5.30. The SMILES string of the molecule is CC(C)(C)c1ccc2c(c1)[cH-]c1cc(C(C)(C)C)ccc12.CC1=[C-]CC=C1.C[Si](C)=[Zr+2].[Cl-].[Cl-]. The van der Waals surface area contributed by atoms with Gasteiger partial charge in [0.2, 0.25) is 0 Å². The van der Waals surface area contributed by atoms with Crippen LogP contribution in [0.3, 0.4) is 0 Å². The van der Waals surface area contributed by atoms with Gasteiger partial charge < -0.3 is 24.8 Å². The molecule has 33 heavy (non-hydrogen) atoms. The quantitative estimate of drug-likeness (QED) is 0.285. The summed E-state index contributed by atoms with van der Waals surface area (Å²) in [6.45, 7) is 20.3. The van der Waals surface area contributed by atoms with E-state index >= 15 is 0 Å². The van der Waals surface area contributed by atoms with Gasteiger partial charge in [0.1, 0.15) is 0 Å². The molecule has 1 aliphatic carbocycles. The first-order chi connectivity index (χ1) is 14.3. The van der Waals surface area contributed by atoms with Gasteiger partial charge in [-0.1, -0.05) is 83.9 Å². The molecule has 0 N–H and O–H groups in total. The molecule has 0 nitrogen and oxygen atoms in total. The fourth-order valence-electron chi connectivity index (χ4n) is 3.47. The minimum Gasteiger partial charge on any atom is -1.00 e. The molecule has 0 aromatic heterocycles. The molecule has 178 valence electrons. The zero-order chi connectivity index (χ0) is 23.4. The predicted molar refractivity (Wildman–Crippen MR) is 138 cm³/mol. The van der Waals surface area contributed by atoms with Gasteiger partial charge in [0.15, 0.2) is 0 Å². The molecule has 0 spiro atoms. The second-order valence-electron chi connectivity index (χ2n) is 10.7. The van der Waals surface area contributed by atoms with Crippen molar-refractivity contribution in [2.45, 2.75) is 78.8 Å². The smallest absolute Gasteiger partial charge is 1.00 e. The second kappa shape index (κ2) is 13.5. The molecule has 0 radical (unpaired) electrons. The molecule has 0 saturated heterocycles. The van der Waals surface area contributed by atoms with Crippen molar-refractivity contribution in [1.82, 2.24) is 0 Å². The maximum Gasteiger partial charge on any atom is -1.00 e. The zero-order valence-corrected chi connectivity index (χ0v) is 26.6. The summed E-state index contributed by atoms with van der Waals surface area (Å²) in [5.74, 6) is 0. The average molecular weight is 577 g/mol. The molecule has 0 bridgehead atoms. The van der Waals surface area contributed by atoms with Gasteiger partial charge in [-0.3, -0.25) is 6.08 Å². The summed E-state index contributed by atoms with van der Waals surface area (Å²) in [7, 11) is 0. The Bertz CT molecular complexity index is 1050. The van der Waals surface area contributed by atoms with Gasteiger partial charge in [-0.25, -0.2) is 11.6 Å². The molecule has 0 unspecified atom stereocenters. The van der Waals surface area contributed by atoms with E-state index in [1.165, 1.54) is 38.2 Å². The van der Waals surface area contributed by atoms with Gasteiger partial charge in [0.05, 0.1) is 0 Å². The van der Waals surface area contributed by atoms with Gasteiger partial charge in [-0.2, -0.15) is 6.08 Å². The second-order valence-corrected chi connectivity index (χ2v) is 20.1. The van der Waals surface area contributed by atoms with Crippen LogP contribution >= 0.6 is 0 Å². The fraction of sp³-hybridized carbons (Fsp3) is 0.414. The molecule has 3 aromatic rings. The van der Waals surface area contributed by atoms with Crippen molar-refractivity contribution in [2.75, 3.05) is 0 Å². The van der Waals surface area contributed by atoms with Crippen LogP contribution in [0.15, 0.2) is 60.2 Å². The van der Waals surface area contributed by atoms with Crippen LogP contribution in [0.5, 0.6) is 0 Å². The van der Waals surface area contributed by atoms with Crippen LogP contribution in [0.2, 0.25) is 13.1 Å². The van der Waals surface area contributed by atoms with Gasteiger partial charge in [-0.05, 0) is 10.8 Å². The van der Waals surface area contributed by atoms with Crippen molar-refractivity contribution in [3.63, 3.8) is 0 Å². The molecule has 3 aromatic carbocycles. The van der Waals surface area contributed by atoms with E-state index in [0.29, 0.717) is 0 Å². The van der Waals surface area contributed by atoms with Crippen molar-refractivity contribution in [2.24, 2.45) is 0 Å². The number of halogens is 2. The molecular weight excluding hydrogens is 539 g/mol. The monoisotopic (exact) mass is 574 g/mol. The van der Waals surface area contributed by atoms with Gasteiger partial charge in [-0.15, -0.1) is 46.2 Å². The number of fused-ring (bicyclic) bond motifs is 3. The van der Waals surface area contributed by atoms with Gasteiger partial charge in [0.25, 0.3) is 0 Å². The summed E-state index contributed by atoms with van der Waals surface area (Å²) in [5.41, 5.74) is 4.70. The molecule has 4 rings (SSSR count). The van der Waals surface area contributed by atoms with Crippen molar-refractivity contribution in [3.05, 3.63) is 77.4 Å². The van der Waals surface area contributed by atoms with Crippen LogP contribution in [0.1, 0.15) is 66.0 Å². The number of benzene rings is 2. The maximum atomic E-state index is 3.12. The molecule has 0 amide bonds. The Kier molecular flexibility index (Phi) is 13.3. The van der Waals surface area contributed by atoms with Crippen molar-refractivity contribution in [3.8, 4) is 0 Å². The molecule has 0 aliphatic heterocycles. The molecule has 0 fully saturated rings. The molecular formula is C29H38Cl2SiZr-2. The number of hydrogen-bond donors (Lipinski definition) is 0. The van der Waals surface area contributed by atoms with Crippen molar-refractivity contribution < 1.29 is 48.1 Å². The summed E-state index contributed by atoms with van der Waals surface area (Å²) in [6.07, 6.45) is 8.33. The van der Waals surface area contributed by atoms with Crippen LogP contribution in [0.4, 0.5) is 0 Å². The fourth-order valence-corrected chi connectivity index (χ4v) is 3.47. The van der Waals surface area contributed by atoms with Crippen molar-refractivity contribution in [1.29, 1.82) is 0 Å². The molecule has 0 saturated carbocycles. The van der Waals surface area contributed by atoms with E-state index in [4.69, 9.17) is 0 Å². The van der Waals surface area contributed by atoms with Crippen molar-refractivity contribution >= 4 is 27.0 Å². The van der Waals surface area contributed by atoms with E-state index in [-0.39, 0.29) is 41.1 Å². The topological polar surface area (TPSA) is 0 Å². The van der Waals surface area contributed by atoms with E-state index in [2.05, 4.69) is 122 Å². The van der Waals surface area contributed by atoms with Crippen LogP contribution in [0, 0.1) is 6.08 Å². The minimum absolute atomic E-state index is 0. The summed E-state index contributed by atoms with van der Waals surface area (Å²) < 4.78 is 0. The molecule has 0 heterocycles.